The van der Waals surface area contributed by atoms with Gasteiger partial charge < -0.3 is 24.8 Å². The van der Waals surface area contributed by atoms with Crippen LogP contribution in [0.1, 0.15) is 11.6 Å². The Morgan fingerprint density at radius 1 is 1.00 bits per heavy atom. The minimum absolute atomic E-state index is 0.230. The lowest BCUT2D eigenvalue weighted by atomic mass is 10.0. The summed E-state index contributed by atoms with van der Waals surface area (Å²) in [6, 6.07) is 4.16. The molecule has 1 aromatic carbocycles. The van der Waals surface area contributed by atoms with Gasteiger partial charge in [0, 0.05) is 31.2 Å². The van der Waals surface area contributed by atoms with Crippen molar-refractivity contribution >= 4 is 0 Å². The number of ether oxygens (including phenoxy) is 3. The monoisotopic (exact) mass is 252 g/mol. The van der Waals surface area contributed by atoms with E-state index in [4.69, 9.17) is 14.2 Å². The zero-order chi connectivity index (χ0) is 13.0. The Morgan fingerprint density at radius 2 is 1.78 bits per heavy atom. The molecule has 18 heavy (non-hydrogen) atoms. The first kappa shape index (κ1) is 13.0. The fourth-order valence-corrected chi connectivity index (χ4v) is 2.27. The summed E-state index contributed by atoms with van der Waals surface area (Å²) in [5.74, 6) is 2.06. The van der Waals surface area contributed by atoms with Crippen LogP contribution in [0.3, 0.4) is 0 Å². The van der Waals surface area contributed by atoms with E-state index in [1.807, 2.05) is 12.1 Å². The van der Waals surface area contributed by atoms with Crippen molar-refractivity contribution in [2.24, 2.45) is 0 Å². The highest BCUT2D eigenvalue weighted by Crippen LogP contribution is 2.42. The van der Waals surface area contributed by atoms with Crippen molar-refractivity contribution in [1.29, 1.82) is 0 Å². The maximum absolute atomic E-state index is 5.49. The molecule has 0 radical (unpaired) electrons. The molecule has 1 heterocycles. The summed E-state index contributed by atoms with van der Waals surface area (Å²) in [6.45, 7) is 2.82. The van der Waals surface area contributed by atoms with Gasteiger partial charge in [-0.15, -0.1) is 0 Å². The van der Waals surface area contributed by atoms with Gasteiger partial charge in [-0.05, 0) is 12.1 Å². The molecular weight excluding hydrogens is 232 g/mol. The number of hydrogen-bond acceptors (Lipinski definition) is 5. The molecule has 1 aliphatic rings. The van der Waals surface area contributed by atoms with Crippen molar-refractivity contribution in [2.75, 3.05) is 41.0 Å². The van der Waals surface area contributed by atoms with Gasteiger partial charge in [0.15, 0.2) is 11.5 Å². The van der Waals surface area contributed by atoms with Gasteiger partial charge in [-0.25, -0.2) is 0 Å². The fraction of sp³-hybridized carbons (Fsp3) is 0.538. The van der Waals surface area contributed by atoms with E-state index < -0.39 is 0 Å². The van der Waals surface area contributed by atoms with E-state index in [2.05, 4.69) is 10.6 Å². The maximum Gasteiger partial charge on any atom is 0.203 e. The SMILES string of the molecule is COc1ccc([C@H]2CNCCN2)c(OC)c1OC. The molecule has 1 fully saturated rings. The van der Waals surface area contributed by atoms with Gasteiger partial charge in [-0.1, -0.05) is 0 Å². The van der Waals surface area contributed by atoms with Crippen molar-refractivity contribution < 1.29 is 14.2 Å². The van der Waals surface area contributed by atoms with E-state index in [1.165, 1.54) is 0 Å². The van der Waals surface area contributed by atoms with Gasteiger partial charge in [-0.3, -0.25) is 0 Å². The van der Waals surface area contributed by atoms with Crippen LogP contribution in [0.4, 0.5) is 0 Å². The average molecular weight is 252 g/mol. The van der Waals surface area contributed by atoms with Crippen LogP contribution in [0.5, 0.6) is 17.2 Å². The topological polar surface area (TPSA) is 51.8 Å². The van der Waals surface area contributed by atoms with Crippen LogP contribution in [-0.4, -0.2) is 41.0 Å². The van der Waals surface area contributed by atoms with Gasteiger partial charge >= 0.3 is 0 Å². The summed E-state index contributed by atoms with van der Waals surface area (Å²) in [6.07, 6.45) is 0. The predicted molar refractivity (Wildman–Crippen MR) is 69.7 cm³/mol. The van der Waals surface area contributed by atoms with Crippen LogP contribution in [0.25, 0.3) is 0 Å². The first-order valence-electron chi connectivity index (χ1n) is 6.04. The van der Waals surface area contributed by atoms with E-state index in [0.717, 1.165) is 30.9 Å². The summed E-state index contributed by atoms with van der Waals surface area (Å²) < 4.78 is 16.2. The van der Waals surface area contributed by atoms with Gasteiger partial charge in [-0.2, -0.15) is 0 Å². The number of rotatable bonds is 4. The highest BCUT2D eigenvalue weighted by molar-refractivity contribution is 5.56. The molecule has 100 valence electrons. The van der Waals surface area contributed by atoms with Crippen LogP contribution in [0.15, 0.2) is 12.1 Å². The molecule has 0 unspecified atom stereocenters. The van der Waals surface area contributed by atoms with Crippen LogP contribution in [0.2, 0.25) is 0 Å². The van der Waals surface area contributed by atoms with Crippen LogP contribution < -0.4 is 24.8 Å². The summed E-state index contributed by atoms with van der Waals surface area (Å²) in [5.41, 5.74) is 1.09. The van der Waals surface area contributed by atoms with Gasteiger partial charge in [0.25, 0.3) is 0 Å². The Kier molecular flexibility index (Phi) is 4.28. The van der Waals surface area contributed by atoms with Crippen molar-refractivity contribution in [3.8, 4) is 17.2 Å². The first-order chi connectivity index (χ1) is 8.81. The lowest BCUT2D eigenvalue weighted by Gasteiger charge is -2.27. The maximum atomic E-state index is 5.49. The standard InChI is InChI=1S/C13H20N2O3/c1-16-11-5-4-9(10-8-14-6-7-15-10)12(17-2)13(11)18-3/h4-5,10,14-15H,6-8H2,1-3H3/t10-/m1/s1. The lowest BCUT2D eigenvalue weighted by Crippen LogP contribution is -2.42. The third-order valence-electron chi connectivity index (χ3n) is 3.15. The molecule has 1 aliphatic heterocycles. The van der Waals surface area contributed by atoms with Crippen LogP contribution in [0, 0.1) is 0 Å². The van der Waals surface area contributed by atoms with Gasteiger partial charge in [0.2, 0.25) is 5.75 Å². The smallest absolute Gasteiger partial charge is 0.203 e. The second-order valence-corrected chi connectivity index (χ2v) is 4.13. The van der Waals surface area contributed by atoms with E-state index in [9.17, 15) is 0 Å². The van der Waals surface area contributed by atoms with E-state index in [0.29, 0.717) is 11.5 Å². The minimum Gasteiger partial charge on any atom is -0.493 e. The normalized spacial score (nSPS) is 19.4. The molecular formula is C13H20N2O3. The van der Waals surface area contributed by atoms with E-state index >= 15 is 0 Å². The Labute approximate surface area is 107 Å². The number of methoxy groups -OCH3 is 3. The Hall–Kier alpha value is -1.46. The average Bonchev–Trinajstić information content (AvgIpc) is 2.46. The Balaban J connectivity index is 2.40. The van der Waals surface area contributed by atoms with E-state index in [-0.39, 0.29) is 6.04 Å². The third kappa shape index (κ3) is 2.37. The van der Waals surface area contributed by atoms with E-state index in [1.54, 1.807) is 21.3 Å². The van der Waals surface area contributed by atoms with Gasteiger partial charge in [0.1, 0.15) is 0 Å². The molecule has 0 saturated carbocycles. The largest absolute Gasteiger partial charge is 0.493 e. The zero-order valence-electron chi connectivity index (χ0n) is 11.1. The summed E-state index contributed by atoms with van der Waals surface area (Å²) >= 11 is 0. The minimum atomic E-state index is 0.230. The lowest BCUT2D eigenvalue weighted by molar-refractivity contribution is 0.316. The van der Waals surface area contributed by atoms with Crippen molar-refractivity contribution in [3.05, 3.63) is 17.7 Å². The van der Waals surface area contributed by atoms with Crippen molar-refractivity contribution in [2.45, 2.75) is 6.04 Å². The van der Waals surface area contributed by atoms with Crippen LogP contribution >= 0.6 is 0 Å². The predicted octanol–water partition coefficient (Wildman–Crippen LogP) is 0.946. The number of piperazine rings is 1. The third-order valence-corrected chi connectivity index (χ3v) is 3.15. The molecule has 1 saturated heterocycles. The van der Waals surface area contributed by atoms with Gasteiger partial charge in [0.05, 0.1) is 21.3 Å². The first-order valence-corrected chi connectivity index (χ1v) is 6.04. The fourth-order valence-electron chi connectivity index (χ4n) is 2.27. The molecule has 0 aromatic heterocycles. The molecule has 2 N–H and O–H groups in total. The quantitative estimate of drug-likeness (QED) is 0.835. The molecule has 0 amide bonds. The Bertz CT molecular complexity index is 403. The molecule has 1 atom stereocenters. The molecule has 0 aliphatic carbocycles. The second kappa shape index (κ2) is 5.93. The number of benzene rings is 1. The molecule has 0 spiro atoms. The molecule has 1 aromatic rings. The summed E-state index contributed by atoms with van der Waals surface area (Å²) in [4.78, 5) is 0. The molecule has 0 bridgehead atoms. The van der Waals surface area contributed by atoms with Crippen molar-refractivity contribution in [1.82, 2.24) is 10.6 Å². The second-order valence-electron chi connectivity index (χ2n) is 4.13. The number of hydrogen-bond donors (Lipinski definition) is 2. The van der Waals surface area contributed by atoms with Crippen LogP contribution in [-0.2, 0) is 0 Å². The molecule has 5 heteroatoms. The highest BCUT2D eigenvalue weighted by atomic mass is 16.5. The van der Waals surface area contributed by atoms with Crippen molar-refractivity contribution in [3.63, 3.8) is 0 Å². The summed E-state index contributed by atoms with van der Waals surface area (Å²) in [5, 5.41) is 6.82. The zero-order valence-corrected chi connectivity index (χ0v) is 11.1. The molecule has 2 rings (SSSR count). The Morgan fingerprint density at radius 3 is 2.33 bits per heavy atom. The summed E-state index contributed by atoms with van der Waals surface area (Å²) in [7, 11) is 4.89. The molecule has 5 nitrogen and oxygen atoms in total. The highest BCUT2D eigenvalue weighted by Gasteiger charge is 2.23. The number of nitrogens with one attached hydrogen (secondary N) is 2.